The summed E-state index contributed by atoms with van der Waals surface area (Å²) in [5.74, 6) is -0.264. The first-order chi connectivity index (χ1) is 16.0. The highest BCUT2D eigenvalue weighted by molar-refractivity contribution is 6.31. The minimum Gasteiger partial charge on any atom is -0.342 e. The molecule has 1 aromatic carbocycles. The number of carbonyl (C=O) groups excluding carboxylic acids is 2. The minimum atomic E-state index is -4.64. The Bertz CT molecular complexity index is 1180. The van der Waals surface area contributed by atoms with Gasteiger partial charge in [0.25, 0.3) is 11.8 Å². The minimum absolute atomic E-state index is 0.150. The Kier molecular flexibility index (Phi) is 7.55. The number of halogens is 4. The van der Waals surface area contributed by atoms with Gasteiger partial charge in [0, 0.05) is 29.9 Å². The number of nitrogens with zero attached hydrogens (tertiary/aromatic N) is 5. The normalized spacial score (nSPS) is 12.3. The van der Waals surface area contributed by atoms with Crippen LogP contribution in [-0.2, 0) is 6.18 Å². The fourth-order valence-corrected chi connectivity index (χ4v) is 3.52. The van der Waals surface area contributed by atoms with E-state index in [1.54, 1.807) is 24.0 Å². The number of amides is 2. The van der Waals surface area contributed by atoms with Crippen molar-refractivity contribution in [2.45, 2.75) is 33.0 Å². The van der Waals surface area contributed by atoms with E-state index < -0.39 is 23.7 Å². The molecule has 0 spiro atoms. The highest BCUT2D eigenvalue weighted by Gasteiger charge is 2.32. The van der Waals surface area contributed by atoms with Crippen molar-refractivity contribution in [3.63, 3.8) is 0 Å². The van der Waals surface area contributed by atoms with Crippen LogP contribution >= 0.6 is 11.6 Å². The summed E-state index contributed by atoms with van der Waals surface area (Å²) in [4.78, 5) is 35.2. The Morgan fingerprint density at radius 1 is 1.12 bits per heavy atom. The van der Waals surface area contributed by atoms with Crippen LogP contribution in [0.1, 0.15) is 58.9 Å². The second-order valence-electron chi connectivity index (χ2n) is 7.33. The van der Waals surface area contributed by atoms with Crippen LogP contribution in [0.4, 0.5) is 13.2 Å². The average Bonchev–Trinajstić information content (AvgIpc) is 3.29. The topological polar surface area (TPSA) is 93.0 Å². The predicted octanol–water partition coefficient (Wildman–Crippen LogP) is 4.31. The van der Waals surface area contributed by atoms with Crippen LogP contribution in [0.25, 0.3) is 5.82 Å². The van der Waals surface area contributed by atoms with Crippen molar-refractivity contribution in [1.82, 2.24) is 30.0 Å². The van der Waals surface area contributed by atoms with Gasteiger partial charge in [-0.2, -0.15) is 23.0 Å². The van der Waals surface area contributed by atoms with E-state index >= 15 is 0 Å². The van der Waals surface area contributed by atoms with Crippen molar-refractivity contribution in [2.24, 2.45) is 0 Å². The van der Waals surface area contributed by atoms with E-state index in [-0.39, 0.29) is 16.5 Å². The molecule has 2 heterocycles. The maximum Gasteiger partial charge on any atom is 0.416 e. The SMILES string of the molecule is CCN(CC)C(=O)c1ccc(-n2ncnc2[C@H](C)NC(=O)c2cc(Cl)cc(C(F)(F)F)c2)nc1. The highest BCUT2D eigenvalue weighted by atomic mass is 35.5. The average molecular weight is 495 g/mol. The highest BCUT2D eigenvalue weighted by Crippen LogP contribution is 2.32. The van der Waals surface area contributed by atoms with E-state index in [9.17, 15) is 22.8 Å². The Morgan fingerprint density at radius 2 is 1.82 bits per heavy atom. The largest absolute Gasteiger partial charge is 0.416 e. The van der Waals surface area contributed by atoms with Gasteiger partial charge in [-0.05, 0) is 51.1 Å². The standard InChI is InChI=1S/C22H22ClF3N6O2/c1-4-31(5-2)21(34)14-6-7-18(27-11-14)32-19(28-12-29-32)13(3)30-20(33)15-8-16(22(24,25)26)10-17(23)9-15/h6-13H,4-5H2,1-3H3,(H,30,33)/t13-/m0/s1. The zero-order valence-corrected chi connectivity index (χ0v) is 19.4. The quantitative estimate of drug-likeness (QED) is 0.528. The van der Waals surface area contributed by atoms with Crippen LogP contribution in [-0.4, -0.2) is 49.6 Å². The third-order valence-electron chi connectivity index (χ3n) is 5.06. The summed E-state index contributed by atoms with van der Waals surface area (Å²) in [6, 6.07) is 5.10. The Morgan fingerprint density at radius 3 is 2.41 bits per heavy atom. The number of aromatic nitrogens is 4. The molecule has 0 saturated heterocycles. The summed E-state index contributed by atoms with van der Waals surface area (Å²) in [5.41, 5.74) is -0.850. The number of nitrogens with one attached hydrogen (secondary N) is 1. The number of alkyl halides is 3. The third-order valence-corrected chi connectivity index (χ3v) is 5.28. The summed E-state index contributed by atoms with van der Waals surface area (Å²) >= 11 is 5.77. The van der Waals surface area contributed by atoms with Crippen LogP contribution in [0.2, 0.25) is 5.02 Å². The molecule has 0 saturated carbocycles. The van der Waals surface area contributed by atoms with Gasteiger partial charge in [0.15, 0.2) is 11.6 Å². The maximum absolute atomic E-state index is 13.1. The van der Waals surface area contributed by atoms with Gasteiger partial charge >= 0.3 is 6.18 Å². The van der Waals surface area contributed by atoms with Gasteiger partial charge in [-0.25, -0.2) is 9.97 Å². The van der Waals surface area contributed by atoms with Crippen molar-refractivity contribution in [1.29, 1.82) is 0 Å². The lowest BCUT2D eigenvalue weighted by molar-refractivity contribution is -0.137. The molecule has 0 fully saturated rings. The number of hydrogen-bond acceptors (Lipinski definition) is 5. The predicted molar refractivity (Wildman–Crippen MR) is 119 cm³/mol. The molecule has 0 aliphatic heterocycles. The molecule has 1 N–H and O–H groups in total. The van der Waals surface area contributed by atoms with Crippen LogP contribution in [0.5, 0.6) is 0 Å². The number of carbonyl (C=O) groups is 2. The summed E-state index contributed by atoms with van der Waals surface area (Å²) in [6.07, 6.45) is -1.96. The van der Waals surface area contributed by atoms with E-state index in [0.717, 1.165) is 18.2 Å². The first-order valence-corrected chi connectivity index (χ1v) is 10.8. The molecule has 1 atom stereocenters. The molecule has 0 unspecified atom stereocenters. The molecule has 0 bridgehead atoms. The van der Waals surface area contributed by atoms with Gasteiger partial charge in [-0.3, -0.25) is 9.59 Å². The monoisotopic (exact) mass is 494 g/mol. The fraction of sp³-hybridized carbons (Fsp3) is 0.318. The van der Waals surface area contributed by atoms with E-state index in [2.05, 4.69) is 20.4 Å². The molecule has 2 aromatic heterocycles. The lowest BCUT2D eigenvalue weighted by Gasteiger charge is -2.18. The summed E-state index contributed by atoms with van der Waals surface area (Å²) < 4.78 is 40.5. The fourth-order valence-electron chi connectivity index (χ4n) is 3.28. The van der Waals surface area contributed by atoms with E-state index in [1.165, 1.54) is 17.2 Å². The summed E-state index contributed by atoms with van der Waals surface area (Å²) in [6.45, 7) is 6.50. The summed E-state index contributed by atoms with van der Waals surface area (Å²) in [7, 11) is 0. The second kappa shape index (κ2) is 10.2. The molecule has 8 nitrogen and oxygen atoms in total. The van der Waals surface area contributed by atoms with Gasteiger partial charge in [0.1, 0.15) is 6.33 Å². The summed E-state index contributed by atoms with van der Waals surface area (Å²) in [5, 5.41) is 6.51. The van der Waals surface area contributed by atoms with Crippen LogP contribution in [0, 0.1) is 0 Å². The van der Waals surface area contributed by atoms with Crippen molar-refractivity contribution in [3.8, 4) is 5.82 Å². The second-order valence-corrected chi connectivity index (χ2v) is 7.77. The first kappa shape index (κ1) is 25.2. The van der Waals surface area contributed by atoms with Gasteiger partial charge in [0.05, 0.1) is 17.2 Å². The molecular formula is C22H22ClF3N6O2. The zero-order valence-electron chi connectivity index (χ0n) is 18.6. The van der Waals surface area contributed by atoms with Gasteiger partial charge < -0.3 is 10.2 Å². The van der Waals surface area contributed by atoms with Crippen molar-refractivity contribution in [2.75, 3.05) is 13.1 Å². The number of hydrogen-bond donors (Lipinski definition) is 1. The maximum atomic E-state index is 13.1. The van der Waals surface area contributed by atoms with E-state index in [0.29, 0.717) is 30.3 Å². The lowest BCUT2D eigenvalue weighted by Crippen LogP contribution is -2.30. The molecule has 0 aliphatic carbocycles. The van der Waals surface area contributed by atoms with Gasteiger partial charge in [-0.15, -0.1) is 0 Å². The molecule has 3 rings (SSSR count). The Hall–Kier alpha value is -3.47. The molecule has 12 heteroatoms. The molecular weight excluding hydrogens is 473 g/mol. The van der Waals surface area contributed by atoms with Crippen molar-refractivity contribution >= 4 is 23.4 Å². The number of benzene rings is 1. The van der Waals surface area contributed by atoms with Crippen molar-refractivity contribution < 1.29 is 22.8 Å². The molecule has 180 valence electrons. The third kappa shape index (κ3) is 5.53. The molecule has 3 aromatic rings. The van der Waals surface area contributed by atoms with Crippen LogP contribution in [0.15, 0.2) is 42.9 Å². The number of rotatable bonds is 7. The molecule has 2 amide bonds. The van der Waals surface area contributed by atoms with Gasteiger partial charge in [-0.1, -0.05) is 11.6 Å². The van der Waals surface area contributed by atoms with Crippen LogP contribution in [0.3, 0.4) is 0 Å². The first-order valence-electron chi connectivity index (χ1n) is 10.4. The zero-order chi connectivity index (χ0) is 25.0. The lowest BCUT2D eigenvalue weighted by atomic mass is 10.1. The smallest absolute Gasteiger partial charge is 0.342 e. The van der Waals surface area contributed by atoms with Crippen molar-refractivity contribution in [3.05, 3.63) is 70.4 Å². The Balaban J connectivity index is 1.80. The van der Waals surface area contributed by atoms with Gasteiger partial charge in [0.2, 0.25) is 0 Å². The number of pyridine rings is 1. The Labute approximate surface area is 198 Å². The van der Waals surface area contributed by atoms with E-state index in [1.807, 2.05) is 13.8 Å². The molecule has 34 heavy (non-hydrogen) atoms. The van der Waals surface area contributed by atoms with Crippen LogP contribution < -0.4 is 5.32 Å². The van der Waals surface area contributed by atoms with E-state index in [4.69, 9.17) is 11.6 Å². The molecule has 0 radical (unpaired) electrons. The molecule has 0 aliphatic rings.